The highest BCUT2D eigenvalue weighted by molar-refractivity contribution is 6.01. The minimum absolute atomic E-state index is 0.116. The van der Waals surface area contributed by atoms with Crippen molar-refractivity contribution in [1.82, 2.24) is 9.78 Å². The van der Waals surface area contributed by atoms with Crippen LogP contribution in [0.4, 0.5) is 5.82 Å². The highest BCUT2D eigenvalue weighted by Gasteiger charge is 2.20. The van der Waals surface area contributed by atoms with Gasteiger partial charge in [0.2, 0.25) is 5.91 Å². The fourth-order valence-corrected chi connectivity index (χ4v) is 2.06. The summed E-state index contributed by atoms with van der Waals surface area (Å²) in [5.74, 6) is -0.424. The highest BCUT2D eigenvalue weighted by atomic mass is 16.5. The van der Waals surface area contributed by atoms with E-state index in [0.717, 1.165) is 11.3 Å². The van der Waals surface area contributed by atoms with E-state index in [1.807, 2.05) is 57.2 Å². The molecule has 0 aliphatic carbocycles. The highest BCUT2D eigenvalue weighted by Crippen LogP contribution is 2.23. The van der Waals surface area contributed by atoms with Crippen LogP contribution in [0.2, 0.25) is 0 Å². The lowest BCUT2D eigenvalue weighted by Crippen LogP contribution is -2.19. The first-order valence-corrected chi connectivity index (χ1v) is 7.79. The zero-order valence-corrected chi connectivity index (χ0v) is 14.5. The van der Waals surface area contributed by atoms with E-state index < -0.39 is 11.9 Å². The largest absolute Gasteiger partial charge is 0.460 e. The summed E-state index contributed by atoms with van der Waals surface area (Å²) in [5.41, 5.74) is 1.63. The second-order valence-corrected chi connectivity index (χ2v) is 6.66. The molecule has 6 heteroatoms. The Morgan fingerprint density at radius 3 is 2.46 bits per heavy atom. The van der Waals surface area contributed by atoms with Gasteiger partial charge in [-0.3, -0.25) is 14.3 Å². The normalized spacial score (nSPS) is 11.2. The summed E-state index contributed by atoms with van der Waals surface area (Å²) < 4.78 is 6.70. The maximum absolute atomic E-state index is 12.0. The molecule has 2 rings (SSSR count). The van der Waals surface area contributed by atoms with E-state index in [1.54, 1.807) is 11.7 Å². The van der Waals surface area contributed by atoms with Crippen molar-refractivity contribution in [3.63, 3.8) is 0 Å². The van der Waals surface area contributed by atoms with Crippen LogP contribution in [0.3, 0.4) is 0 Å². The van der Waals surface area contributed by atoms with Crippen molar-refractivity contribution in [2.24, 2.45) is 7.05 Å². The van der Waals surface area contributed by atoms with Crippen molar-refractivity contribution in [2.75, 3.05) is 5.32 Å². The molecule has 0 spiro atoms. The predicted octanol–water partition coefficient (Wildman–Crippen LogP) is 2.79. The van der Waals surface area contributed by atoms with Gasteiger partial charge in [0, 0.05) is 18.5 Å². The minimum atomic E-state index is -0.561. The van der Waals surface area contributed by atoms with Gasteiger partial charge < -0.3 is 10.1 Å². The Morgan fingerprint density at radius 1 is 1.21 bits per heavy atom. The fourth-order valence-electron chi connectivity index (χ4n) is 2.06. The van der Waals surface area contributed by atoms with E-state index >= 15 is 0 Å². The third-order valence-electron chi connectivity index (χ3n) is 3.46. The Bertz CT molecular complexity index is 715. The lowest BCUT2D eigenvalue weighted by molar-refractivity contribution is -0.146. The Labute approximate surface area is 141 Å². The van der Waals surface area contributed by atoms with Gasteiger partial charge in [0.05, 0.1) is 5.69 Å². The second-order valence-electron chi connectivity index (χ2n) is 6.66. The van der Waals surface area contributed by atoms with Gasteiger partial charge in [-0.1, -0.05) is 51.1 Å². The summed E-state index contributed by atoms with van der Waals surface area (Å²) in [6.07, 6.45) is -0.330. The molecule has 0 saturated carbocycles. The standard InChI is InChI=1S/C18H23N3O3/c1-18(2,3)14-10-15(21(4)20-14)19-16(22)11-17(23)24-12-13-8-6-5-7-9-13/h5-10H,11-12H2,1-4H3,(H,19,22). The number of carbonyl (C=O) groups is 2. The Kier molecular flexibility index (Phi) is 5.39. The second kappa shape index (κ2) is 7.29. The molecule has 1 aromatic heterocycles. The SMILES string of the molecule is Cn1nc(C(C)(C)C)cc1NC(=O)CC(=O)OCc1ccccc1. The molecule has 1 aromatic carbocycles. The lowest BCUT2D eigenvalue weighted by atomic mass is 9.92. The zero-order chi connectivity index (χ0) is 17.7. The summed E-state index contributed by atoms with van der Waals surface area (Å²) in [4.78, 5) is 23.8. The van der Waals surface area contributed by atoms with Gasteiger partial charge in [-0.05, 0) is 5.56 Å². The molecule has 1 heterocycles. The third kappa shape index (κ3) is 4.94. The number of carbonyl (C=O) groups excluding carboxylic acids is 2. The summed E-state index contributed by atoms with van der Waals surface area (Å²) in [5, 5.41) is 7.07. The molecule has 0 aliphatic heterocycles. The number of aryl methyl sites for hydroxylation is 1. The average Bonchev–Trinajstić information content (AvgIpc) is 2.87. The van der Waals surface area contributed by atoms with E-state index in [9.17, 15) is 9.59 Å². The Balaban J connectivity index is 1.87. The molecule has 0 saturated heterocycles. The number of amides is 1. The van der Waals surface area contributed by atoms with E-state index in [1.165, 1.54) is 0 Å². The first kappa shape index (κ1) is 17.7. The van der Waals surface area contributed by atoms with Crippen LogP contribution in [0.15, 0.2) is 36.4 Å². The summed E-state index contributed by atoms with van der Waals surface area (Å²) in [7, 11) is 1.75. The maximum atomic E-state index is 12.0. The number of hydrogen-bond acceptors (Lipinski definition) is 4. The van der Waals surface area contributed by atoms with Crippen molar-refractivity contribution in [3.05, 3.63) is 47.7 Å². The van der Waals surface area contributed by atoms with Crippen molar-refractivity contribution in [2.45, 2.75) is 39.2 Å². The van der Waals surface area contributed by atoms with Crippen LogP contribution in [-0.4, -0.2) is 21.7 Å². The molecule has 0 atom stereocenters. The summed E-state index contributed by atoms with van der Waals surface area (Å²) >= 11 is 0. The van der Waals surface area contributed by atoms with Crippen molar-refractivity contribution in [1.29, 1.82) is 0 Å². The lowest BCUT2D eigenvalue weighted by Gasteiger charge is -2.13. The third-order valence-corrected chi connectivity index (χ3v) is 3.46. The van der Waals surface area contributed by atoms with Crippen LogP contribution in [-0.2, 0) is 33.4 Å². The number of hydrogen-bond donors (Lipinski definition) is 1. The van der Waals surface area contributed by atoms with Crippen LogP contribution in [0.1, 0.15) is 38.4 Å². The number of nitrogens with zero attached hydrogens (tertiary/aromatic N) is 2. The van der Waals surface area contributed by atoms with Gasteiger partial charge in [0.15, 0.2) is 0 Å². The first-order valence-electron chi connectivity index (χ1n) is 7.79. The number of anilines is 1. The fraction of sp³-hybridized carbons (Fsp3) is 0.389. The molecule has 0 unspecified atom stereocenters. The van der Waals surface area contributed by atoms with E-state index in [-0.39, 0.29) is 18.4 Å². The topological polar surface area (TPSA) is 73.2 Å². The molecular formula is C18H23N3O3. The van der Waals surface area contributed by atoms with Gasteiger partial charge in [-0.25, -0.2) is 0 Å². The van der Waals surface area contributed by atoms with E-state index in [2.05, 4.69) is 10.4 Å². The molecular weight excluding hydrogens is 306 g/mol. The van der Waals surface area contributed by atoms with Gasteiger partial charge >= 0.3 is 5.97 Å². The molecule has 128 valence electrons. The molecule has 0 radical (unpaired) electrons. The molecule has 2 aromatic rings. The Morgan fingerprint density at radius 2 is 1.88 bits per heavy atom. The number of aromatic nitrogens is 2. The molecule has 0 aliphatic rings. The van der Waals surface area contributed by atoms with Gasteiger partial charge in [0.1, 0.15) is 18.8 Å². The van der Waals surface area contributed by atoms with Gasteiger partial charge in [-0.2, -0.15) is 5.10 Å². The van der Waals surface area contributed by atoms with Crippen LogP contribution in [0.25, 0.3) is 0 Å². The Hall–Kier alpha value is -2.63. The number of esters is 1. The molecule has 0 bridgehead atoms. The van der Waals surface area contributed by atoms with Crippen LogP contribution >= 0.6 is 0 Å². The predicted molar refractivity (Wildman–Crippen MR) is 91.4 cm³/mol. The minimum Gasteiger partial charge on any atom is -0.460 e. The smallest absolute Gasteiger partial charge is 0.315 e. The van der Waals surface area contributed by atoms with Crippen molar-refractivity contribution >= 4 is 17.7 Å². The monoisotopic (exact) mass is 329 g/mol. The molecule has 0 fully saturated rings. The zero-order valence-electron chi connectivity index (χ0n) is 14.5. The molecule has 6 nitrogen and oxygen atoms in total. The average molecular weight is 329 g/mol. The number of nitrogens with one attached hydrogen (secondary N) is 1. The molecule has 1 N–H and O–H groups in total. The molecule has 1 amide bonds. The van der Waals surface area contributed by atoms with Gasteiger partial charge in [0.25, 0.3) is 0 Å². The first-order chi connectivity index (χ1) is 11.3. The summed E-state index contributed by atoms with van der Waals surface area (Å²) in [6, 6.07) is 11.1. The van der Waals surface area contributed by atoms with Crippen molar-refractivity contribution in [3.8, 4) is 0 Å². The maximum Gasteiger partial charge on any atom is 0.315 e. The quantitative estimate of drug-likeness (QED) is 0.676. The van der Waals surface area contributed by atoms with Crippen molar-refractivity contribution < 1.29 is 14.3 Å². The summed E-state index contributed by atoms with van der Waals surface area (Å²) in [6.45, 7) is 6.29. The molecule has 24 heavy (non-hydrogen) atoms. The van der Waals surface area contributed by atoms with E-state index in [0.29, 0.717) is 5.82 Å². The van der Waals surface area contributed by atoms with Gasteiger partial charge in [-0.15, -0.1) is 0 Å². The number of benzene rings is 1. The van der Waals surface area contributed by atoms with E-state index in [4.69, 9.17) is 4.74 Å². The van der Waals surface area contributed by atoms with Crippen LogP contribution in [0.5, 0.6) is 0 Å². The van der Waals surface area contributed by atoms with Crippen LogP contribution < -0.4 is 5.32 Å². The number of ether oxygens (including phenoxy) is 1. The van der Waals surface area contributed by atoms with Crippen LogP contribution in [0, 0.1) is 0 Å². The number of rotatable bonds is 5.